The van der Waals surface area contributed by atoms with Crippen LogP contribution in [0.2, 0.25) is 0 Å². The van der Waals surface area contributed by atoms with Crippen LogP contribution in [-0.2, 0) is 0 Å². The zero-order valence-corrected chi connectivity index (χ0v) is 13.2. The van der Waals surface area contributed by atoms with Crippen LogP contribution in [-0.4, -0.2) is 18.2 Å². The van der Waals surface area contributed by atoms with Crippen LogP contribution in [0.5, 0.6) is 5.75 Å². The number of carbonyl (C=O) groups is 1. The van der Waals surface area contributed by atoms with Crippen LogP contribution < -0.4 is 15.6 Å². The van der Waals surface area contributed by atoms with Crippen LogP contribution >= 0.6 is 0 Å². The van der Waals surface area contributed by atoms with Gasteiger partial charge in [0.15, 0.2) is 11.3 Å². The van der Waals surface area contributed by atoms with E-state index in [1.54, 1.807) is 30.3 Å². The lowest BCUT2D eigenvalue weighted by Crippen LogP contribution is -2.21. The number of hydrogen-bond donors (Lipinski definition) is 2. The molecule has 122 valence electrons. The lowest BCUT2D eigenvalue weighted by Gasteiger charge is -2.08. The van der Waals surface area contributed by atoms with Gasteiger partial charge in [-0.2, -0.15) is 0 Å². The van der Waals surface area contributed by atoms with Crippen LogP contribution in [0.1, 0.15) is 15.9 Å². The van der Waals surface area contributed by atoms with E-state index in [1.165, 1.54) is 7.11 Å². The van der Waals surface area contributed by atoms with E-state index in [0.717, 1.165) is 5.56 Å². The average molecular weight is 324 g/mol. The van der Waals surface area contributed by atoms with Crippen molar-refractivity contribution in [2.45, 2.75) is 6.92 Å². The molecule has 6 heteroatoms. The van der Waals surface area contributed by atoms with Crippen molar-refractivity contribution in [3.05, 3.63) is 65.2 Å². The summed E-state index contributed by atoms with van der Waals surface area (Å²) in [6, 6.07) is 14.3. The van der Waals surface area contributed by atoms with E-state index in [0.29, 0.717) is 22.4 Å². The van der Waals surface area contributed by atoms with E-state index in [2.05, 4.69) is 10.5 Å². The first-order valence-electron chi connectivity index (χ1n) is 7.29. The molecular weight excluding hydrogens is 308 g/mol. The zero-order valence-electron chi connectivity index (χ0n) is 13.2. The number of para-hydroxylation sites is 1. The molecule has 0 spiro atoms. The Kier molecular flexibility index (Phi) is 4.20. The lowest BCUT2D eigenvalue weighted by atomic mass is 10.1. The molecule has 0 aliphatic heterocycles. The summed E-state index contributed by atoms with van der Waals surface area (Å²) in [7, 11) is 1.51. The maximum atomic E-state index is 12.5. The molecule has 2 N–H and O–H groups in total. The fraction of sp³-hybridized carbons (Fsp3) is 0.111. The molecule has 0 atom stereocenters. The number of carbonyl (C=O) groups excluding carboxylic acids is 1. The SMILES string of the molecule is COc1cccc2cc(C(=O)Nc3cccc(C)c3)/c(=N\O)oc12. The monoisotopic (exact) mass is 324 g/mol. The van der Waals surface area contributed by atoms with Gasteiger partial charge >= 0.3 is 0 Å². The summed E-state index contributed by atoms with van der Waals surface area (Å²) < 4.78 is 10.8. The first-order chi connectivity index (χ1) is 11.6. The number of fused-ring (bicyclic) bond motifs is 1. The third-order valence-corrected chi connectivity index (χ3v) is 3.57. The molecule has 6 nitrogen and oxygen atoms in total. The second-order valence-corrected chi connectivity index (χ2v) is 5.27. The van der Waals surface area contributed by atoms with Gasteiger partial charge in [-0.05, 0) is 41.9 Å². The summed E-state index contributed by atoms with van der Waals surface area (Å²) in [6.45, 7) is 1.93. The van der Waals surface area contributed by atoms with Gasteiger partial charge in [-0.25, -0.2) is 0 Å². The number of amides is 1. The van der Waals surface area contributed by atoms with Crippen LogP contribution in [0, 0.1) is 6.92 Å². The van der Waals surface area contributed by atoms with Gasteiger partial charge in [0.2, 0.25) is 0 Å². The Hall–Kier alpha value is -3.28. The summed E-state index contributed by atoms with van der Waals surface area (Å²) >= 11 is 0. The van der Waals surface area contributed by atoms with E-state index >= 15 is 0 Å². The van der Waals surface area contributed by atoms with Gasteiger partial charge in [0.05, 0.1) is 7.11 Å². The van der Waals surface area contributed by atoms with Gasteiger partial charge < -0.3 is 19.7 Å². The topological polar surface area (TPSA) is 84.1 Å². The Balaban J connectivity index is 2.07. The van der Waals surface area contributed by atoms with E-state index in [-0.39, 0.29) is 11.1 Å². The number of anilines is 1. The van der Waals surface area contributed by atoms with Crippen molar-refractivity contribution in [1.29, 1.82) is 0 Å². The van der Waals surface area contributed by atoms with Crippen LogP contribution in [0.3, 0.4) is 0 Å². The van der Waals surface area contributed by atoms with Crippen molar-refractivity contribution < 1.29 is 19.2 Å². The van der Waals surface area contributed by atoms with E-state index in [4.69, 9.17) is 9.15 Å². The van der Waals surface area contributed by atoms with Crippen LogP contribution in [0.15, 0.2) is 58.1 Å². The number of methoxy groups -OCH3 is 1. The predicted molar refractivity (Wildman–Crippen MR) is 89.2 cm³/mol. The van der Waals surface area contributed by atoms with Gasteiger partial charge in [0.25, 0.3) is 11.5 Å². The quantitative estimate of drug-likeness (QED) is 0.572. The van der Waals surface area contributed by atoms with E-state index < -0.39 is 5.91 Å². The molecule has 0 unspecified atom stereocenters. The van der Waals surface area contributed by atoms with E-state index in [9.17, 15) is 10.0 Å². The molecule has 1 aromatic heterocycles. The Morgan fingerprint density at radius 2 is 2.00 bits per heavy atom. The highest BCUT2D eigenvalue weighted by atomic mass is 16.5. The Morgan fingerprint density at radius 1 is 1.21 bits per heavy atom. The predicted octanol–water partition coefficient (Wildman–Crippen LogP) is 3.29. The molecule has 1 heterocycles. The Morgan fingerprint density at radius 3 is 2.71 bits per heavy atom. The maximum absolute atomic E-state index is 12.5. The highest BCUT2D eigenvalue weighted by Gasteiger charge is 2.15. The largest absolute Gasteiger partial charge is 0.493 e. The summed E-state index contributed by atoms with van der Waals surface area (Å²) in [5, 5.41) is 15.7. The van der Waals surface area contributed by atoms with Gasteiger partial charge in [0.1, 0.15) is 5.56 Å². The normalized spacial score (nSPS) is 11.5. The number of benzene rings is 2. The minimum Gasteiger partial charge on any atom is -0.493 e. The molecule has 0 aliphatic carbocycles. The van der Waals surface area contributed by atoms with Crippen molar-refractivity contribution in [2.75, 3.05) is 12.4 Å². The number of nitrogens with zero attached hydrogens (tertiary/aromatic N) is 1. The van der Waals surface area contributed by atoms with Gasteiger partial charge in [-0.1, -0.05) is 24.3 Å². The highest BCUT2D eigenvalue weighted by molar-refractivity contribution is 6.05. The number of ether oxygens (including phenoxy) is 1. The van der Waals surface area contributed by atoms with E-state index in [1.807, 2.05) is 25.1 Å². The second-order valence-electron chi connectivity index (χ2n) is 5.27. The molecule has 0 saturated carbocycles. The summed E-state index contributed by atoms with van der Waals surface area (Å²) in [4.78, 5) is 12.5. The van der Waals surface area contributed by atoms with Crippen molar-refractivity contribution in [3.8, 4) is 5.75 Å². The first kappa shape index (κ1) is 15.6. The third-order valence-electron chi connectivity index (χ3n) is 3.57. The van der Waals surface area contributed by atoms with Crippen molar-refractivity contribution in [3.63, 3.8) is 0 Å². The summed E-state index contributed by atoms with van der Waals surface area (Å²) in [5.74, 6) is 0.0601. The number of hydrogen-bond acceptors (Lipinski definition) is 5. The minimum atomic E-state index is -0.429. The number of nitrogens with one attached hydrogen (secondary N) is 1. The van der Waals surface area contributed by atoms with Gasteiger partial charge in [-0.3, -0.25) is 4.79 Å². The molecular formula is C18H16N2O4. The molecule has 0 aliphatic rings. The standard InChI is InChI=1S/C18H16N2O4/c1-11-5-3-7-13(9-11)19-17(21)14-10-12-6-4-8-15(23-2)16(12)24-18(14)20-22/h3-10,22H,1-2H3,(H,19,21)/b20-18+. The second kappa shape index (κ2) is 6.45. The summed E-state index contributed by atoms with van der Waals surface area (Å²) in [5.41, 5.74) is 2.01. The molecule has 3 aromatic rings. The van der Waals surface area contributed by atoms with Gasteiger partial charge in [-0.15, -0.1) is 0 Å². The molecule has 1 amide bonds. The molecule has 3 rings (SSSR count). The van der Waals surface area contributed by atoms with Crippen LogP contribution in [0.4, 0.5) is 5.69 Å². The van der Waals surface area contributed by atoms with Crippen LogP contribution in [0.25, 0.3) is 11.0 Å². The smallest absolute Gasteiger partial charge is 0.268 e. The Labute approximate surface area is 138 Å². The highest BCUT2D eigenvalue weighted by Crippen LogP contribution is 2.24. The minimum absolute atomic E-state index is 0.125. The Bertz CT molecular complexity index is 976. The van der Waals surface area contributed by atoms with Crippen molar-refractivity contribution >= 4 is 22.6 Å². The third kappa shape index (κ3) is 2.94. The molecule has 24 heavy (non-hydrogen) atoms. The molecule has 2 aromatic carbocycles. The van der Waals surface area contributed by atoms with Gasteiger partial charge in [0, 0.05) is 11.1 Å². The fourth-order valence-corrected chi connectivity index (χ4v) is 2.44. The molecule has 0 fully saturated rings. The molecule has 0 bridgehead atoms. The fourth-order valence-electron chi connectivity index (χ4n) is 2.44. The average Bonchev–Trinajstić information content (AvgIpc) is 2.59. The number of aryl methyl sites for hydroxylation is 1. The zero-order chi connectivity index (χ0) is 17.1. The number of rotatable bonds is 3. The van der Waals surface area contributed by atoms with Crippen molar-refractivity contribution in [1.82, 2.24) is 0 Å². The molecule has 0 radical (unpaired) electrons. The van der Waals surface area contributed by atoms with Crippen molar-refractivity contribution in [2.24, 2.45) is 5.16 Å². The summed E-state index contributed by atoms with van der Waals surface area (Å²) in [6.07, 6.45) is 0. The molecule has 0 saturated heterocycles. The first-order valence-corrected chi connectivity index (χ1v) is 7.29. The maximum Gasteiger partial charge on any atom is 0.268 e. The lowest BCUT2D eigenvalue weighted by molar-refractivity contribution is 0.102.